The van der Waals surface area contributed by atoms with E-state index in [1.165, 1.54) is 0 Å². The zero-order valence-corrected chi connectivity index (χ0v) is 11.5. The molecule has 0 radical (unpaired) electrons. The smallest absolute Gasteiger partial charge is 0.168 e. The van der Waals surface area contributed by atoms with Crippen molar-refractivity contribution in [2.75, 3.05) is 24.5 Å². The first-order chi connectivity index (χ1) is 9.08. The maximum atomic E-state index is 13.9. The molecule has 2 rings (SSSR count). The van der Waals surface area contributed by atoms with E-state index in [1.54, 1.807) is 0 Å². The topological polar surface area (TPSA) is 28.2 Å². The summed E-state index contributed by atoms with van der Waals surface area (Å²) in [5.41, 5.74) is 0. The van der Waals surface area contributed by atoms with E-state index in [-0.39, 0.29) is 11.9 Å². The third-order valence-electron chi connectivity index (χ3n) is 3.60. The molecule has 0 atom stereocenters. The van der Waals surface area contributed by atoms with E-state index in [0.717, 1.165) is 44.7 Å². The summed E-state index contributed by atoms with van der Waals surface area (Å²) in [5, 5.41) is 3.32. The number of nitrogens with zero attached hydrogens (tertiary/aromatic N) is 2. The summed E-state index contributed by atoms with van der Waals surface area (Å²) in [5.74, 6) is -0.417. The van der Waals surface area contributed by atoms with Crippen LogP contribution in [-0.2, 0) is 0 Å². The molecule has 0 spiro atoms. The van der Waals surface area contributed by atoms with Gasteiger partial charge in [0.25, 0.3) is 0 Å². The SMILES string of the molecule is CC(C)N(CC1CCNCC1)c1ncc(F)cc1F. The van der Waals surface area contributed by atoms with E-state index in [4.69, 9.17) is 0 Å². The Morgan fingerprint density at radius 1 is 1.37 bits per heavy atom. The molecule has 1 aliphatic rings. The Kier molecular flexibility index (Phi) is 4.69. The number of pyridine rings is 1. The highest BCUT2D eigenvalue weighted by Gasteiger charge is 2.22. The summed E-state index contributed by atoms with van der Waals surface area (Å²) in [6, 6.07) is 1.04. The van der Waals surface area contributed by atoms with Crippen LogP contribution in [0.4, 0.5) is 14.6 Å². The first-order valence-electron chi connectivity index (χ1n) is 6.86. The molecule has 0 unspecified atom stereocenters. The number of piperidine rings is 1. The molecular weight excluding hydrogens is 248 g/mol. The molecule has 0 amide bonds. The van der Waals surface area contributed by atoms with Gasteiger partial charge in [0.05, 0.1) is 6.20 Å². The lowest BCUT2D eigenvalue weighted by Gasteiger charge is -2.33. The predicted molar refractivity (Wildman–Crippen MR) is 72.2 cm³/mol. The van der Waals surface area contributed by atoms with Gasteiger partial charge in [-0.2, -0.15) is 0 Å². The van der Waals surface area contributed by atoms with Crippen LogP contribution in [0.5, 0.6) is 0 Å². The Morgan fingerprint density at radius 2 is 2.05 bits per heavy atom. The third-order valence-corrected chi connectivity index (χ3v) is 3.60. The van der Waals surface area contributed by atoms with Crippen molar-refractivity contribution in [1.29, 1.82) is 0 Å². The van der Waals surface area contributed by atoms with Gasteiger partial charge in [-0.1, -0.05) is 0 Å². The first kappa shape index (κ1) is 14.2. The van der Waals surface area contributed by atoms with Crippen LogP contribution in [0.2, 0.25) is 0 Å². The van der Waals surface area contributed by atoms with Gasteiger partial charge in [0.15, 0.2) is 11.6 Å². The zero-order chi connectivity index (χ0) is 13.8. The highest BCUT2D eigenvalue weighted by atomic mass is 19.1. The van der Waals surface area contributed by atoms with Gasteiger partial charge in [-0.05, 0) is 45.7 Å². The van der Waals surface area contributed by atoms with Gasteiger partial charge in [-0.3, -0.25) is 0 Å². The van der Waals surface area contributed by atoms with Gasteiger partial charge in [-0.25, -0.2) is 13.8 Å². The Balaban J connectivity index is 2.14. The lowest BCUT2D eigenvalue weighted by atomic mass is 9.97. The van der Waals surface area contributed by atoms with Crippen molar-refractivity contribution in [3.05, 3.63) is 23.9 Å². The predicted octanol–water partition coefficient (Wildman–Crippen LogP) is 2.57. The summed E-state index contributed by atoms with van der Waals surface area (Å²) in [6.07, 6.45) is 3.26. The molecule has 1 aromatic heterocycles. The van der Waals surface area contributed by atoms with Crippen molar-refractivity contribution in [2.45, 2.75) is 32.7 Å². The monoisotopic (exact) mass is 269 g/mol. The molecule has 5 heteroatoms. The van der Waals surface area contributed by atoms with Gasteiger partial charge in [0, 0.05) is 18.7 Å². The Hall–Kier alpha value is -1.23. The van der Waals surface area contributed by atoms with Gasteiger partial charge in [-0.15, -0.1) is 0 Å². The van der Waals surface area contributed by atoms with Gasteiger partial charge in [0.2, 0.25) is 0 Å². The fourth-order valence-corrected chi connectivity index (χ4v) is 2.50. The zero-order valence-electron chi connectivity index (χ0n) is 11.5. The van der Waals surface area contributed by atoms with Crippen LogP contribution in [0, 0.1) is 17.6 Å². The van der Waals surface area contributed by atoms with Crippen LogP contribution in [0.3, 0.4) is 0 Å². The van der Waals surface area contributed by atoms with Crippen molar-refractivity contribution < 1.29 is 8.78 Å². The van der Waals surface area contributed by atoms with E-state index in [0.29, 0.717) is 5.92 Å². The van der Waals surface area contributed by atoms with Crippen molar-refractivity contribution in [2.24, 2.45) is 5.92 Å². The number of rotatable bonds is 4. The fraction of sp³-hybridized carbons (Fsp3) is 0.643. The number of aromatic nitrogens is 1. The summed E-state index contributed by atoms with van der Waals surface area (Å²) in [4.78, 5) is 5.86. The van der Waals surface area contributed by atoms with E-state index in [1.807, 2.05) is 18.7 Å². The van der Waals surface area contributed by atoms with Crippen LogP contribution >= 0.6 is 0 Å². The minimum Gasteiger partial charge on any atom is -0.351 e. The molecule has 0 saturated carbocycles. The van der Waals surface area contributed by atoms with Crippen molar-refractivity contribution >= 4 is 5.82 Å². The van der Waals surface area contributed by atoms with Gasteiger partial charge in [0.1, 0.15) is 5.82 Å². The lowest BCUT2D eigenvalue weighted by Crippen LogP contribution is -2.40. The van der Waals surface area contributed by atoms with Crippen LogP contribution in [0.25, 0.3) is 0 Å². The number of halogens is 2. The fourth-order valence-electron chi connectivity index (χ4n) is 2.50. The largest absolute Gasteiger partial charge is 0.351 e. The Morgan fingerprint density at radius 3 is 2.63 bits per heavy atom. The number of hydrogen-bond acceptors (Lipinski definition) is 3. The molecule has 19 heavy (non-hydrogen) atoms. The number of anilines is 1. The normalized spacial score (nSPS) is 16.9. The highest BCUT2D eigenvalue weighted by Crippen LogP contribution is 2.23. The molecule has 0 bridgehead atoms. The maximum absolute atomic E-state index is 13.9. The van der Waals surface area contributed by atoms with Gasteiger partial charge >= 0.3 is 0 Å². The van der Waals surface area contributed by atoms with Crippen LogP contribution < -0.4 is 10.2 Å². The summed E-state index contributed by atoms with van der Waals surface area (Å²) >= 11 is 0. The summed E-state index contributed by atoms with van der Waals surface area (Å²) < 4.78 is 26.8. The quantitative estimate of drug-likeness (QED) is 0.910. The van der Waals surface area contributed by atoms with Gasteiger partial charge < -0.3 is 10.2 Å². The lowest BCUT2D eigenvalue weighted by molar-refractivity contribution is 0.365. The second-order valence-electron chi connectivity index (χ2n) is 5.40. The maximum Gasteiger partial charge on any atom is 0.168 e. The molecule has 1 fully saturated rings. The average molecular weight is 269 g/mol. The Bertz CT molecular complexity index is 417. The summed E-state index contributed by atoms with van der Waals surface area (Å²) in [6.45, 7) is 6.80. The molecule has 1 saturated heterocycles. The first-order valence-corrected chi connectivity index (χ1v) is 6.86. The third kappa shape index (κ3) is 3.62. The summed E-state index contributed by atoms with van der Waals surface area (Å²) in [7, 11) is 0. The molecule has 0 aliphatic carbocycles. The van der Waals surface area contributed by atoms with Crippen molar-refractivity contribution in [3.8, 4) is 0 Å². The molecule has 1 aromatic rings. The molecule has 0 aromatic carbocycles. The van der Waals surface area contributed by atoms with Crippen molar-refractivity contribution in [3.63, 3.8) is 0 Å². The van der Waals surface area contributed by atoms with Crippen LogP contribution in [0.15, 0.2) is 12.3 Å². The molecule has 2 heterocycles. The standard InChI is InChI=1S/C14H21F2N3/c1-10(2)19(9-11-3-5-17-6-4-11)14-13(16)7-12(15)8-18-14/h7-8,10-11,17H,3-6,9H2,1-2H3. The molecule has 1 N–H and O–H groups in total. The number of hydrogen-bond donors (Lipinski definition) is 1. The molecule has 1 aliphatic heterocycles. The van der Waals surface area contributed by atoms with E-state index < -0.39 is 11.6 Å². The molecule has 106 valence electrons. The average Bonchev–Trinajstić information content (AvgIpc) is 2.38. The highest BCUT2D eigenvalue weighted by molar-refractivity contribution is 5.40. The van der Waals surface area contributed by atoms with Crippen molar-refractivity contribution in [1.82, 2.24) is 10.3 Å². The van der Waals surface area contributed by atoms with Crippen LogP contribution in [-0.4, -0.2) is 30.7 Å². The second kappa shape index (κ2) is 6.28. The van der Waals surface area contributed by atoms with E-state index in [9.17, 15) is 8.78 Å². The van der Waals surface area contributed by atoms with E-state index >= 15 is 0 Å². The molecular formula is C14H21F2N3. The minimum absolute atomic E-state index is 0.141. The van der Waals surface area contributed by atoms with Crippen LogP contribution in [0.1, 0.15) is 26.7 Å². The number of nitrogens with one attached hydrogen (secondary N) is 1. The minimum atomic E-state index is -0.633. The second-order valence-corrected chi connectivity index (χ2v) is 5.40. The molecule has 3 nitrogen and oxygen atoms in total. The van der Waals surface area contributed by atoms with E-state index in [2.05, 4.69) is 10.3 Å². The Labute approximate surface area is 113 Å².